The molecule has 0 atom stereocenters. The van der Waals surface area contributed by atoms with E-state index in [2.05, 4.69) is 0 Å². The van der Waals surface area contributed by atoms with Crippen LogP contribution in [0.4, 0.5) is 0 Å². The van der Waals surface area contributed by atoms with Gasteiger partial charge in [0.1, 0.15) is 0 Å². The van der Waals surface area contributed by atoms with E-state index in [4.69, 9.17) is 23.2 Å². The number of Topliss-reactive ketones (excluding diaryl/α,β-unsaturated/α-hetero) is 1. The third kappa shape index (κ3) is 4.00. The molecule has 0 unspecified atom stereocenters. The number of carbonyl (C=O) groups excluding carboxylic acids is 1. The summed E-state index contributed by atoms with van der Waals surface area (Å²) in [6.45, 7) is 1.56. The van der Waals surface area contributed by atoms with E-state index in [0.717, 1.165) is 26.8 Å². The zero-order chi connectivity index (χ0) is 13.8. The van der Waals surface area contributed by atoms with Gasteiger partial charge < -0.3 is 0 Å². The Hall–Kier alpha value is -0.960. The molecule has 0 aliphatic rings. The Morgan fingerprint density at radius 2 is 1.79 bits per heavy atom. The highest BCUT2D eigenvalue weighted by Gasteiger charge is 2.04. The highest BCUT2D eigenvalue weighted by molar-refractivity contribution is 7.98. The lowest BCUT2D eigenvalue weighted by Crippen LogP contribution is -1.90. The van der Waals surface area contributed by atoms with E-state index in [9.17, 15) is 4.79 Å². The van der Waals surface area contributed by atoms with Crippen LogP contribution in [-0.4, -0.2) is 5.78 Å². The summed E-state index contributed by atoms with van der Waals surface area (Å²) in [6.07, 6.45) is 0. The zero-order valence-corrected chi connectivity index (χ0v) is 12.6. The Morgan fingerprint density at radius 1 is 1.11 bits per heavy atom. The summed E-state index contributed by atoms with van der Waals surface area (Å²) in [5, 5.41) is 1.41. The van der Waals surface area contributed by atoms with Crippen LogP contribution in [0.2, 0.25) is 10.0 Å². The normalized spacial score (nSPS) is 10.5. The summed E-state index contributed by atoms with van der Waals surface area (Å²) in [5.74, 6) is 0.827. The SMILES string of the molecule is CC(=O)c1ccc(SCc2cc(Cl)ccc2Cl)cc1. The number of hydrogen-bond acceptors (Lipinski definition) is 2. The fraction of sp³-hybridized carbons (Fsp3) is 0.133. The van der Waals surface area contributed by atoms with E-state index in [0.29, 0.717) is 5.02 Å². The second kappa shape index (κ2) is 6.47. The van der Waals surface area contributed by atoms with Crippen LogP contribution in [0.25, 0.3) is 0 Å². The number of rotatable bonds is 4. The molecule has 0 radical (unpaired) electrons. The van der Waals surface area contributed by atoms with Gasteiger partial charge in [-0.15, -0.1) is 11.8 Å². The number of carbonyl (C=O) groups is 1. The van der Waals surface area contributed by atoms with Crippen molar-refractivity contribution < 1.29 is 4.79 Å². The maximum Gasteiger partial charge on any atom is 0.159 e. The summed E-state index contributed by atoms with van der Waals surface area (Å²) >= 11 is 13.7. The van der Waals surface area contributed by atoms with Crippen molar-refractivity contribution in [2.75, 3.05) is 0 Å². The van der Waals surface area contributed by atoms with Gasteiger partial charge in [-0.05, 0) is 42.8 Å². The predicted octanol–water partition coefficient (Wildman–Crippen LogP) is 5.49. The first-order chi connectivity index (χ1) is 9.06. The minimum Gasteiger partial charge on any atom is -0.295 e. The highest BCUT2D eigenvalue weighted by Crippen LogP contribution is 2.28. The van der Waals surface area contributed by atoms with Crippen molar-refractivity contribution in [3.8, 4) is 0 Å². The third-order valence-electron chi connectivity index (χ3n) is 2.66. The van der Waals surface area contributed by atoms with Crippen LogP contribution in [0.1, 0.15) is 22.8 Å². The first kappa shape index (κ1) is 14.4. The van der Waals surface area contributed by atoms with Crippen LogP contribution in [0.15, 0.2) is 47.4 Å². The molecule has 0 aromatic heterocycles. The second-order valence-electron chi connectivity index (χ2n) is 4.10. The first-order valence-corrected chi connectivity index (χ1v) is 7.48. The van der Waals surface area contributed by atoms with Gasteiger partial charge in [0.05, 0.1) is 0 Å². The Bertz CT molecular complexity index is 594. The fourth-order valence-electron chi connectivity index (χ4n) is 1.60. The monoisotopic (exact) mass is 310 g/mol. The van der Waals surface area contributed by atoms with Gasteiger partial charge in [0.2, 0.25) is 0 Å². The molecule has 2 aromatic rings. The molecule has 0 bridgehead atoms. The molecule has 0 aliphatic heterocycles. The lowest BCUT2D eigenvalue weighted by atomic mass is 10.2. The van der Waals surface area contributed by atoms with Crippen molar-refractivity contribution in [1.29, 1.82) is 0 Å². The standard InChI is InChI=1S/C15H12Cl2OS/c1-10(18)11-2-5-14(6-3-11)19-9-12-8-13(16)4-7-15(12)17/h2-8H,9H2,1H3. The van der Waals surface area contributed by atoms with E-state index in [1.54, 1.807) is 30.8 Å². The maximum atomic E-state index is 11.2. The van der Waals surface area contributed by atoms with Crippen LogP contribution in [-0.2, 0) is 5.75 Å². The summed E-state index contributed by atoms with van der Waals surface area (Å²) < 4.78 is 0. The molecule has 0 heterocycles. The molecule has 0 saturated carbocycles. The van der Waals surface area contributed by atoms with Crippen LogP contribution < -0.4 is 0 Å². The highest BCUT2D eigenvalue weighted by atomic mass is 35.5. The molecule has 0 amide bonds. The zero-order valence-electron chi connectivity index (χ0n) is 10.3. The van der Waals surface area contributed by atoms with E-state index in [1.807, 2.05) is 30.3 Å². The van der Waals surface area contributed by atoms with Gasteiger partial charge in [-0.2, -0.15) is 0 Å². The molecule has 0 aliphatic carbocycles. The summed E-state index contributed by atoms with van der Waals surface area (Å²) in [5.41, 5.74) is 1.74. The van der Waals surface area contributed by atoms with Gasteiger partial charge in [-0.3, -0.25) is 4.79 Å². The third-order valence-corrected chi connectivity index (χ3v) is 4.33. The molecule has 0 fully saturated rings. The van der Waals surface area contributed by atoms with Crippen molar-refractivity contribution in [3.63, 3.8) is 0 Å². The van der Waals surface area contributed by atoms with Crippen LogP contribution in [0.3, 0.4) is 0 Å². The van der Waals surface area contributed by atoms with Crippen molar-refractivity contribution in [2.24, 2.45) is 0 Å². The second-order valence-corrected chi connectivity index (χ2v) is 6.00. The topological polar surface area (TPSA) is 17.1 Å². The molecular formula is C15H12Cl2OS. The summed E-state index contributed by atoms with van der Waals surface area (Å²) in [6, 6.07) is 13.0. The molecular weight excluding hydrogens is 299 g/mol. The Balaban J connectivity index is 2.06. The maximum absolute atomic E-state index is 11.2. The minimum atomic E-state index is 0.0782. The van der Waals surface area contributed by atoms with Gasteiger partial charge in [0.15, 0.2) is 5.78 Å². The Morgan fingerprint density at radius 3 is 2.42 bits per heavy atom. The number of hydrogen-bond donors (Lipinski definition) is 0. The summed E-state index contributed by atoms with van der Waals surface area (Å²) in [4.78, 5) is 12.3. The smallest absolute Gasteiger partial charge is 0.159 e. The predicted molar refractivity (Wildman–Crippen MR) is 82.5 cm³/mol. The average Bonchev–Trinajstić information content (AvgIpc) is 2.40. The molecule has 1 nitrogen and oxygen atoms in total. The average molecular weight is 311 g/mol. The number of thioether (sulfide) groups is 1. The quantitative estimate of drug-likeness (QED) is 0.549. The van der Waals surface area contributed by atoms with Gasteiger partial charge in [0.25, 0.3) is 0 Å². The van der Waals surface area contributed by atoms with Gasteiger partial charge in [-0.25, -0.2) is 0 Å². The molecule has 19 heavy (non-hydrogen) atoms. The largest absolute Gasteiger partial charge is 0.295 e. The first-order valence-electron chi connectivity index (χ1n) is 5.74. The Kier molecular flexibility index (Phi) is 4.92. The number of halogens is 2. The number of ketones is 1. The lowest BCUT2D eigenvalue weighted by molar-refractivity contribution is 0.101. The molecule has 2 aromatic carbocycles. The molecule has 0 saturated heterocycles. The van der Waals surface area contributed by atoms with Crippen molar-refractivity contribution in [1.82, 2.24) is 0 Å². The van der Waals surface area contributed by atoms with E-state index >= 15 is 0 Å². The molecule has 2 rings (SSSR count). The lowest BCUT2D eigenvalue weighted by Gasteiger charge is -2.05. The summed E-state index contributed by atoms with van der Waals surface area (Å²) in [7, 11) is 0. The molecule has 98 valence electrons. The van der Waals surface area contributed by atoms with Crippen LogP contribution in [0, 0.1) is 0 Å². The van der Waals surface area contributed by atoms with E-state index < -0.39 is 0 Å². The van der Waals surface area contributed by atoms with Crippen molar-refractivity contribution in [3.05, 3.63) is 63.6 Å². The van der Waals surface area contributed by atoms with Gasteiger partial charge in [0, 0.05) is 26.3 Å². The molecule has 0 spiro atoms. The van der Waals surface area contributed by atoms with Crippen LogP contribution in [0.5, 0.6) is 0 Å². The van der Waals surface area contributed by atoms with Crippen molar-refractivity contribution in [2.45, 2.75) is 17.6 Å². The van der Waals surface area contributed by atoms with Crippen molar-refractivity contribution >= 4 is 40.7 Å². The van der Waals surface area contributed by atoms with Gasteiger partial charge in [-0.1, -0.05) is 35.3 Å². The van der Waals surface area contributed by atoms with Crippen LogP contribution >= 0.6 is 35.0 Å². The fourth-order valence-corrected chi connectivity index (χ4v) is 2.95. The van der Waals surface area contributed by atoms with E-state index in [-0.39, 0.29) is 5.78 Å². The Labute approximate surface area is 126 Å². The van der Waals surface area contributed by atoms with E-state index in [1.165, 1.54) is 0 Å². The molecule has 0 N–H and O–H groups in total. The van der Waals surface area contributed by atoms with Gasteiger partial charge >= 0.3 is 0 Å². The minimum absolute atomic E-state index is 0.0782. The number of benzene rings is 2. The molecule has 4 heteroatoms.